The molecule has 2 aromatic rings. The summed E-state index contributed by atoms with van der Waals surface area (Å²) in [5, 5.41) is 5.51. The van der Waals surface area contributed by atoms with Gasteiger partial charge in [0.05, 0.1) is 17.9 Å². The molecule has 0 fully saturated rings. The first kappa shape index (κ1) is 21.2. The Morgan fingerprint density at radius 3 is 2.11 bits per heavy atom. The van der Waals surface area contributed by atoms with Crippen LogP contribution in [-0.2, 0) is 14.3 Å². The Morgan fingerprint density at radius 1 is 0.893 bits per heavy atom. The fourth-order valence-corrected chi connectivity index (χ4v) is 2.53. The van der Waals surface area contributed by atoms with Crippen molar-refractivity contribution >= 4 is 29.2 Å². The Labute approximate surface area is 165 Å². The first-order valence-electron chi connectivity index (χ1n) is 9.13. The van der Waals surface area contributed by atoms with Gasteiger partial charge in [-0.2, -0.15) is 0 Å². The van der Waals surface area contributed by atoms with Gasteiger partial charge >= 0.3 is 5.97 Å². The zero-order valence-corrected chi connectivity index (χ0v) is 16.9. The lowest BCUT2D eigenvalue weighted by Gasteiger charge is -2.24. The lowest BCUT2D eigenvalue weighted by molar-refractivity contribution is -0.135. The monoisotopic (exact) mass is 382 g/mol. The van der Waals surface area contributed by atoms with Crippen LogP contribution < -0.4 is 10.6 Å². The lowest BCUT2D eigenvalue weighted by atomic mass is 9.90. The zero-order valence-electron chi connectivity index (χ0n) is 16.9. The number of rotatable bonds is 6. The molecule has 0 bridgehead atoms. The van der Waals surface area contributed by atoms with E-state index in [0.717, 1.165) is 11.1 Å². The standard InChI is InChI=1S/C22H26N2O4/c1-6-28-19(25)16-11-7-8-12-18(16)24-21(27)22(4,5)20(26)23-17-13-9-10-14(2)15(17)3/h7-13H,6H2,1-5H3,(H,23,26)(H,24,27). The number of hydrogen-bond donors (Lipinski definition) is 2. The maximum Gasteiger partial charge on any atom is 0.340 e. The molecule has 0 heterocycles. The van der Waals surface area contributed by atoms with Crippen molar-refractivity contribution in [2.75, 3.05) is 17.2 Å². The number of benzene rings is 2. The number of para-hydroxylation sites is 1. The average molecular weight is 382 g/mol. The van der Waals surface area contributed by atoms with Crippen molar-refractivity contribution in [1.82, 2.24) is 0 Å². The third-order valence-corrected chi connectivity index (χ3v) is 4.66. The van der Waals surface area contributed by atoms with E-state index in [1.807, 2.05) is 26.0 Å². The van der Waals surface area contributed by atoms with Crippen LogP contribution in [0.25, 0.3) is 0 Å². The molecule has 6 heteroatoms. The van der Waals surface area contributed by atoms with Crippen LogP contribution in [0.1, 0.15) is 42.3 Å². The third-order valence-electron chi connectivity index (χ3n) is 4.66. The van der Waals surface area contributed by atoms with Crippen molar-refractivity contribution in [2.45, 2.75) is 34.6 Å². The van der Waals surface area contributed by atoms with Gasteiger partial charge in [0.25, 0.3) is 0 Å². The molecule has 0 aliphatic heterocycles. The minimum absolute atomic E-state index is 0.227. The van der Waals surface area contributed by atoms with E-state index in [-0.39, 0.29) is 12.2 Å². The summed E-state index contributed by atoms with van der Waals surface area (Å²) in [5.74, 6) is -1.49. The van der Waals surface area contributed by atoms with E-state index in [9.17, 15) is 14.4 Å². The normalized spacial score (nSPS) is 10.9. The SMILES string of the molecule is CCOC(=O)c1ccccc1NC(=O)C(C)(C)C(=O)Nc1cccc(C)c1C. The first-order chi connectivity index (χ1) is 13.2. The van der Waals surface area contributed by atoms with Gasteiger partial charge in [0.2, 0.25) is 11.8 Å². The van der Waals surface area contributed by atoms with Crippen LogP contribution in [0.5, 0.6) is 0 Å². The van der Waals surface area contributed by atoms with Crippen LogP contribution in [-0.4, -0.2) is 24.4 Å². The smallest absolute Gasteiger partial charge is 0.340 e. The molecule has 2 N–H and O–H groups in total. The van der Waals surface area contributed by atoms with Crippen molar-refractivity contribution in [2.24, 2.45) is 5.41 Å². The molecule has 0 saturated heterocycles. The first-order valence-corrected chi connectivity index (χ1v) is 9.13. The quantitative estimate of drug-likeness (QED) is 0.582. The van der Waals surface area contributed by atoms with Crippen LogP contribution in [0.3, 0.4) is 0 Å². The van der Waals surface area contributed by atoms with Crippen LogP contribution in [0, 0.1) is 19.3 Å². The molecule has 2 aromatic carbocycles. The Hall–Kier alpha value is -3.15. The Kier molecular flexibility index (Phi) is 6.57. The van der Waals surface area contributed by atoms with E-state index < -0.39 is 23.2 Å². The maximum atomic E-state index is 12.8. The number of carbonyl (C=O) groups is 3. The largest absolute Gasteiger partial charge is 0.462 e. The predicted octanol–water partition coefficient (Wildman–Crippen LogP) is 4.08. The van der Waals surface area contributed by atoms with Crippen LogP contribution >= 0.6 is 0 Å². The number of amides is 2. The molecular formula is C22H26N2O4. The van der Waals surface area contributed by atoms with Crippen LogP contribution in [0.15, 0.2) is 42.5 Å². The maximum absolute atomic E-state index is 12.8. The van der Waals surface area contributed by atoms with Crippen LogP contribution in [0.4, 0.5) is 11.4 Å². The molecule has 0 saturated carbocycles. The van der Waals surface area contributed by atoms with Gasteiger partial charge in [-0.1, -0.05) is 24.3 Å². The topological polar surface area (TPSA) is 84.5 Å². The summed E-state index contributed by atoms with van der Waals surface area (Å²) in [6.07, 6.45) is 0. The summed E-state index contributed by atoms with van der Waals surface area (Å²) in [5.41, 5.74) is 1.83. The minimum Gasteiger partial charge on any atom is -0.462 e. The van der Waals surface area contributed by atoms with Gasteiger partial charge in [-0.15, -0.1) is 0 Å². The molecule has 148 valence electrons. The summed E-state index contributed by atoms with van der Waals surface area (Å²) in [6, 6.07) is 12.1. The summed E-state index contributed by atoms with van der Waals surface area (Å²) in [4.78, 5) is 37.7. The molecule has 0 aliphatic carbocycles. The number of ether oxygens (including phenoxy) is 1. The molecule has 0 unspecified atom stereocenters. The van der Waals surface area contributed by atoms with Crippen molar-refractivity contribution in [3.63, 3.8) is 0 Å². The fraction of sp³-hybridized carbons (Fsp3) is 0.318. The van der Waals surface area contributed by atoms with E-state index in [0.29, 0.717) is 11.4 Å². The number of hydrogen-bond acceptors (Lipinski definition) is 4. The molecule has 2 amide bonds. The number of aryl methyl sites for hydroxylation is 1. The summed E-state index contributed by atoms with van der Waals surface area (Å²) in [7, 11) is 0. The van der Waals surface area contributed by atoms with E-state index in [4.69, 9.17) is 4.74 Å². The summed E-state index contributed by atoms with van der Waals surface area (Å²) >= 11 is 0. The highest BCUT2D eigenvalue weighted by Gasteiger charge is 2.37. The molecule has 0 radical (unpaired) electrons. The molecule has 0 atom stereocenters. The van der Waals surface area contributed by atoms with Crippen molar-refractivity contribution < 1.29 is 19.1 Å². The lowest BCUT2D eigenvalue weighted by Crippen LogP contribution is -2.42. The van der Waals surface area contributed by atoms with Gasteiger partial charge < -0.3 is 15.4 Å². The van der Waals surface area contributed by atoms with Gasteiger partial charge in [-0.3, -0.25) is 9.59 Å². The molecule has 2 rings (SSSR count). The van der Waals surface area contributed by atoms with Gasteiger partial charge in [-0.05, 0) is 63.9 Å². The Morgan fingerprint density at radius 2 is 1.46 bits per heavy atom. The van der Waals surface area contributed by atoms with E-state index in [1.54, 1.807) is 37.3 Å². The third kappa shape index (κ3) is 4.57. The Bertz CT molecular complexity index is 903. The highest BCUT2D eigenvalue weighted by Crippen LogP contribution is 2.25. The highest BCUT2D eigenvalue weighted by atomic mass is 16.5. The second kappa shape index (κ2) is 8.69. The van der Waals surface area contributed by atoms with Gasteiger partial charge in [0.15, 0.2) is 0 Å². The average Bonchev–Trinajstić information content (AvgIpc) is 2.65. The Balaban J connectivity index is 2.20. The number of anilines is 2. The van der Waals surface area contributed by atoms with E-state index in [1.165, 1.54) is 13.8 Å². The molecule has 0 spiro atoms. The number of esters is 1. The van der Waals surface area contributed by atoms with E-state index in [2.05, 4.69) is 10.6 Å². The fourth-order valence-electron chi connectivity index (χ4n) is 2.53. The van der Waals surface area contributed by atoms with Gasteiger partial charge in [-0.25, -0.2) is 4.79 Å². The summed E-state index contributed by atoms with van der Waals surface area (Å²) < 4.78 is 5.02. The minimum atomic E-state index is -1.36. The zero-order chi connectivity index (χ0) is 20.9. The van der Waals surface area contributed by atoms with Crippen molar-refractivity contribution in [1.29, 1.82) is 0 Å². The number of nitrogens with one attached hydrogen (secondary N) is 2. The van der Waals surface area contributed by atoms with Gasteiger partial charge in [0.1, 0.15) is 5.41 Å². The second-order valence-corrected chi connectivity index (χ2v) is 7.05. The number of carbonyl (C=O) groups excluding carboxylic acids is 3. The molecule has 0 aliphatic rings. The molecule has 28 heavy (non-hydrogen) atoms. The predicted molar refractivity (Wildman–Crippen MR) is 109 cm³/mol. The summed E-state index contributed by atoms with van der Waals surface area (Å²) in [6.45, 7) is 8.87. The van der Waals surface area contributed by atoms with E-state index >= 15 is 0 Å². The van der Waals surface area contributed by atoms with Gasteiger partial charge in [0, 0.05) is 5.69 Å². The molecular weight excluding hydrogens is 356 g/mol. The van der Waals surface area contributed by atoms with Crippen molar-refractivity contribution in [3.8, 4) is 0 Å². The van der Waals surface area contributed by atoms with Crippen LogP contribution in [0.2, 0.25) is 0 Å². The molecule has 0 aromatic heterocycles. The highest BCUT2D eigenvalue weighted by molar-refractivity contribution is 6.15. The second-order valence-electron chi connectivity index (χ2n) is 7.05. The van der Waals surface area contributed by atoms with Crippen molar-refractivity contribution in [3.05, 3.63) is 59.2 Å². The molecule has 6 nitrogen and oxygen atoms in total.